The molecule has 4 aromatic rings. The molecule has 0 unspecified atom stereocenters. The van der Waals surface area contributed by atoms with E-state index in [2.05, 4.69) is 15.0 Å². The average Bonchev–Trinajstić information content (AvgIpc) is 2.65. The second-order valence-electron chi connectivity index (χ2n) is 5.28. The number of ether oxygens (including phenoxy) is 1. The van der Waals surface area contributed by atoms with Gasteiger partial charge in [-0.15, -0.1) is 0 Å². The van der Waals surface area contributed by atoms with Crippen molar-refractivity contribution in [2.75, 3.05) is 0 Å². The van der Waals surface area contributed by atoms with Crippen molar-refractivity contribution in [3.8, 4) is 23.0 Å². The summed E-state index contributed by atoms with van der Waals surface area (Å²) in [6.45, 7) is 0. The first-order valence-corrected chi connectivity index (χ1v) is 7.88. The number of hydrogen-bond donors (Lipinski definition) is 0. The number of para-hydroxylation sites is 1. The van der Waals surface area contributed by atoms with Gasteiger partial charge in [-0.05, 0) is 36.4 Å². The molecule has 2 aromatic carbocycles. The summed E-state index contributed by atoms with van der Waals surface area (Å²) in [6, 6.07) is 15.3. The van der Waals surface area contributed by atoms with Crippen LogP contribution in [0.4, 0.5) is 4.39 Å². The van der Waals surface area contributed by atoms with Crippen LogP contribution in [0, 0.1) is 5.82 Å². The van der Waals surface area contributed by atoms with Gasteiger partial charge in [-0.3, -0.25) is 4.98 Å². The molecule has 2 heterocycles. The van der Waals surface area contributed by atoms with Gasteiger partial charge in [0.15, 0.2) is 5.82 Å². The number of fused-ring (bicyclic) bond motifs is 1. The van der Waals surface area contributed by atoms with E-state index in [1.54, 1.807) is 12.4 Å². The summed E-state index contributed by atoms with van der Waals surface area (Å²) >= 11 is 5.83. The SMILES string of the molecule is Fc1ccc(Oc2nc(-c3ccncc3)nc3ccccc23)cc1Cl. The monoisotopic (exact) mass is 351 g/mol. The molecule has 0 atom stereocenters. The normalized spacial score (nSPS) is 10.8. The smallest absolute Gasteiger partial charge is 0.230 e. The lowest BCUT2D eigenvalue weighted by atomic mass is 10.2. The minimum atomic E-state index is -0.501. The quantitative estimate of drug-likeness (QED) is 0.504. The molecule has 0 N–H and O–H groups in total. The Morgan fingerprint density at radius 3 is 2.52 bits per heavy atom. The van der Waals surface area contributed by atoms with Crippen LogP contribution in [0.2, 0.25) is 5.02 Å². The van der Waals surface area contributed by atoms with E-state index in [-0.39, 0.29) is 5.02 Å². The molecular weight excluding hydrogens is 341 g/mol. The van der Waals surface area contributed by atoms with Crippen molar-refractivity contribution < 1.29 is 9.13 Å². The van der Waals surface area contributed by atoms with Crippen LogP contribution in [0.5, 0.6) is 11.6 Å². The third-order valence-electron chi connectivity index (χ3n) is 3.61. The molecule has 0 aliphatic carbocycles. The third-order valence-corrected chi connectivity index (χ3v) is 3.90. The first kappa shape index (κ1) is 15.5. The summed E-state index contributed by atoms with van der Waals surface area (Å²) in [5.74, 6) is 0.791. The summed E-state index contributed by atoms with van der Waals surface area (Å²) in [5, 5.41) is 0.742. The minimum absolute atomic E-state index is 0.00906. The summed E-state index contributed by atoms with van der Waals surface area (Å²) in [5.41, 5.74) is 1.57. The number of hydrogen-bond acceptors (Lipinski definition) is 4. The zero-order chi connectivity index (χ0) is 17.2. The molecule has 0 saturated carbocycles. The highest BCUT2D eigenvalue weighted by atomic mass is 35.5. The standard InChI is InChI=1S/C19H11ClFN3O/c20-15-11-13(5-6-16(15)21)25-19-14-3-1-2-4-17(14)23-18(24-19)12-7-9-22-10-8-12/h1-11H. The highest BCUT2D eigenvalue weighted by Crippen LogP contribution is 2.31. The van der Waals surface area contributed by atoms with Crippen LogP contribution >= 0.6 is 11.6 Å². The fourth-order valence-electron chi connectivity index (χ4n) is 2.41. The lowest BCUT2D eigenvalue weighted by molar-refractivity contribution is 0.467. The molecular formula is C19H11ClFN3O. The number of aromatic nitrogens is 3. The van der Waals surface area contributed by atoms with Crippen LogP contribution in [0.3, 0.4) is 0 Å². The Bertz CT molecular complexity index is 1060. The number of pyridine rings is 1. The number of halogens is 2. The second-order valence-corrected chi connectivity index (χ2v) is 5.69. The van der Waals surface area contributed by atoms with Gasteiger partial charge in [-0.2, -0.15) is 4.98 Å². The predicted octanol–water partition coefficient (Wildman–Crippen LogP) is 5.28. The highest BCUT2D eigenvalue weighted by Gasteiger charge is 2.12. The van der Waals surface area contributed by atoms with Crippen LogP contribution in [-0.2, 0) is 0 Å². The van der Waals surface area contributed by atoms with E-state index in [1.807, 2.05) is 36.4 Å². The van der Waals surface area contributed by atoms with Crippen molar-refractivity contribution in [1.29, 1.82) is 0 Å². The zero-order valence-electron chi connectivity index (χ0n) is 12.9. The maximum absolute atomic E-state index is 13.4. The first-order chi connectivity index (χ1) is 12.2. The van der Waals surface area contributed by atoms with Gasteiger partial charge in [0, 0.05) is 24.0 Å². The Morgan fingerprint density at radius 1 is 0.920 bits per heavy atom. The summed E-state index contributed by atoms with van der Waals surface area (Å²) in [7, 11) is 0. The first-order valence-electron chi connectivity index (χ1n) is 7.51. The summed E-state index contributed by atoms with van der Waals surface area (Å²) in [4.78, 5) is 13.1. The highest BCUT2D eigenvalue weighted by molar-refractivity contribution is 6.30. The lowest BCUT2D eigenvalue weighted by Crippen LogP contribution is -1.96. The molecule has 122 valence electrons. The Kier molecular flexibility index (Phi) is 3.99. The van der Waals surface area contributed by atoms with Crippen LogP contribution in [0.1, 0.15) is 0 Å². The molecule has 6 heteroatoms. The van der Waals surface area contributed by atoms with Gasteiger partial charge in [0.05, 0.1) is 15.9 Å². The van der Waals surface area contributed by atoms with Gasteiger partial charge in [-0.1, -0.05) is 23.7 Å². The van der Waals surface area contributed by atoms with Gasteiger partial charge >= 0.3 is 0 Å². The Labute approximate surface area is 147 Å². The zero-order valence-corrected chi connectivity index (χ0v) is 13.6. The fourth-order valence-corrected chi connectivity index (χ4v) is 2.58. The van der Waals surface area contributed by atoms with Crippen LogP contribution < -0.4 is 4.74 Å². The van der Waals surface area contributed by atoms with Gasteiger partial charge in [0.1, 0.15) is 11.6 Å². The molecule has 0 saturated heterocycles. The molecule has 0 aliphatic heterocycles. The van der Waals surface area contributed by atoms with E-state index < -0.39 is 5.82 Å². The molecule has 0 amide bonds. The molecule has 2 aromatic heterocycles. The van der Waals surface area contributed by atoms with Crippen LogP contribution in [0.15, 0.2) is 67.0 Å². The van der Waals surface area contributed by atoms with Crippen molar-refractivity contribution in [3.63, 3.8) is 0 Å². The topological polar surface area (TPSA) is 47.9 Å². The molecule has 0 spiro atoms. The Balaban J connectivity index is 1.85. The molecule has 0 radical (unpaired) electrons. The molecule has 25 heavy (non-hydrogen) atoms. The number of rotatable bonds is 3. The molecule has 0 bridgehead atoms. The van der Waals surface area contributed by atoms with E-state index in [0.717, 1.165) is 16.5 Å². The summed E-state index contributed by atoms with van der Waals surface area (Å²) < 4.78 is 19.2. The van der Waals surface area contributed by atoms with Gasteiger partial charge < -0.3 is 4.74 Å². The van der Waals surface area contributed by atoms with E-state index in [0.29, 0.717) is 17.5 Å². The maximum Gasteiger partial charge on any atom is 0.230 e. The third kappa shape index (κ3) is 3.14. The molecule has 4 nitrogen and oxygen atoms in total. The van der Waals surface area contributed by atoms with Crippen molar-refractivity contribution in [2.45, 2.75) is 0 Å². The summed E-state index contributed by atoms with van der Waals surface area (Å²) in [6.07, 6.45) is 3.35. The van der Waals surface area contributed by atoms with Crippen molar-refractivity contribution in [3.05, 3.63) is 77.8 Å². The predicted molar refractivity (Wildman–Crippen MR) is 94.3 cm³/mol. The van der Waals surface area contributed by atoms with E-state index >= 15 is 0 Å². The Morgan fingerprint density at radius 2 is 1.72 bits per heavy atom. The van der Waals surface area contributed by atoms with Crippen molar-refractivity contribution in [1.82, 2.24) is 15.0 Å². The minimum Gasteiger partial charge on any atom is -0.438 e. The maximum atomic E-state index is 13.4. The van der Waals surface area contributed by atoms with Crippen LogP contribution in [0.25, 0.3) is 22.3 Å². The van der Waals surface area contributed by atoms with E-state index in [1.165, 1.54) is 18.2 Å². The second kappa shape index (κ2) is 6.45. The molecule has 0 fully saturated rings. The molecule has 4 rings (SSSR count). The van der Waals surface area contributed by atoms with Crippen molar-refractivity contribution in [2.24, 2.45) is 0 Å². The molecule has 0 aliphatic rings. The van der Waals surface area contributed by atoms with Crippen molar-refractivity contribution >= 4 is 22.5 Å². The van der Waals surface area contributed by atoms with E-state index in [9.17, 15) is 4.39 Å². The largest absolute Gasteiger partial charge is 0.438 e. The van der Waals surface area contributed by atoms with Gasteiger partial charge in [-0.25, -0.2) is 9.37 Å². The fraction of sp³-hybridized carbons (Fsp3) is 0. The lowest BCUT2D eigenvalue weighted by Gasteiger charge is -2.10. The Hall–Kier alpha value is -3.05. The van der Waals surface area contributed by atoms with Crippen LogP contribution in [-0.4, -0.2) is 15.0 Å². The van der Waals surface area contributed by atoms with E-state index in [4.69, 9.17) is 16.3 Å². The number of benzene rings is 2. The van der Waals surface area contributed by atoms with Gasteiger partial charge in [0.25, 0.3) is 0 Å². The average molecular weight is 352 g/mol. The number of nitrogens with zero attached hydrogens (tertiary/aromatic N) is 3. The van der Waals surface area contributed by atoms with Gasteiger partial charge in [0.2, 0.25) is 5.88 Å².